The third-order valence-corrected chi connectivity index (χ3v) is 4.76. The van der Waals surface area contributed by atoms with Gasteiger partial charge in [-0.1, -0.05) is 48.5 Å². The maximum absolute atomic E-state index is 13.4. The van der Waals surface area contributed by atoms with Crippen LogP contribution in [0.4, 0.5) is 18.9 Å². The van der Waals surface area contributed by atoms with Gasteiger partial charge in [0.15, 0.2) is 0 Å². The Bertz CT molecular complexity index is 1240. The van der Waals surface area contributed by atoms with Gasteiger partial charge in [0.25, 0.3) is 0 Å². The highest BCUT2D eigenvalue weighted by atomic mass is 19.4. The lowest BCUT2D eigenvalue weighted by molar-refractivity contribution is -0.136. The molecule has 6 heteroatoms. The first-order valence-corrected chi connectivity index (χ1v) is 9.15. The number of halogens is 3. The summed E-state index contributed by atoms with van der Waals surface area (Å²) in [7, 11) is 0. The van der Waals surface area contributed by atoms with Gasteiger partial charge in [0.2, 0.25) is 0 Å². The molecule has 4 rings (SSSR count). The molecule has 0 aliphatic carbocycles. The van der Waals surface area contributed by atoms with Crippen LogP contribution in [0, 0.1) is 17.4 Å². The minimum Gasteiger partial charge on any atom is -0.381 e. The van der Waals surface area contributed by atoms with Crippen molar-refractivity contribution in [3.05, 3.63) is 95.7 Å². The number of pyridine rings is 1. The summed E-state index contributed by atoms with van der Waals surface area (Å²) in [4.78, 5) is 3.94. The molecule has 1 aromatic heterocycles. The zero-order valence-electron chi connectivity index (χ0n) is 15.7. The Balaban J connectivity index is 1.80. The molecule has 0 aliphatic heterocycles. The van der Waals surface area contributed by atoms with Gasteiger partial charge >= 0.3 is 6.18 Å². The molecule has 0 saturated carbocycles. The third kappa shape index (κ3) is 3.83. The highest BCUT2D eigenvalue weighted by Gasteiger charge is 2.33. The molecule has 0 fully saturated rings. The Morgan fingerprint density at radius 2 is 1.80 bits per heavy atom. The number of hydrogen-bond acceptors (Lipinski definition) is 3. The number of para-hydroxylation sites is 1. The van der Waals surface area contributed by atoms with Crippen molar-refractivity contribution in [3.63, 3.8) is 0 Å². The Morgan fingerprint density at radius 1 is 1.03 bits per heavy atom. The van der Waals surface area contributed by atoms with E-state index in [1.807, 2.05) is 36.4 Å². The summed E-state index contributed by atoms with van der Waals surface area (Å²) < 4.78 is 40.3. The fourth-order valence-electron chi connectivity index (χ4n) is 3.38. The van der Waals surface area contributed by atoms with E-state index in [4.69, 9.17) is 0 Å². The molecular weight excluding hydrogens is 387 g/mol. The Labute approximate surface area is 171 Å². The lowest BCUT2D eigenvalue weighted by Gasteiger charge is -2.14. The minimum absolute atomic E-state index is 0.169. The second kappa shape index (κ2) is 7.88. The molecule has 0 atom stereocenters. The molecule has 0 saturated heterocycles. The first kappa shape index (κ1) is 19.5. The van der Waals surface area contributed by atoms with E-state index in [0.29, 0.717) is 23.1 Å². The number of alkyl halides is 3. The number of rotatable bonds is 4. The molecule has 147 valence electrons. The number of anilines is 1. The SMILES string of the molecule is N#Cc1cnc2c(C(F)(F)F)cccc2c1-c1cccc(NCc2cc[c]cc2)c1. The fraction of sp³-hybridized carbons (Fsp3) is 0.0833. The maximum atomic E-state index is 13.4. The molecule has 4 aromatic rings. The van der Waals surface area contributed by atoms with Gasteiger partial charge < -0.3 is 5.32 Å². The summed E-state index contributed by atoms with van der Waals surface area (Å²) in [6.45, 7) is 0.582. The largest absolute Gasteiger partial charge is 0.418 e. The molecular formula is C24H15F3N3. The van der Waals surface area contributed by atoms with Crippen molar-refractivity contribution in [3.8, 4) is 17.2 Å². The van der Waals surface area contributed by atoms with Crippen molar-refractivity contribution in [2.45, 2.75) is 12.7 Å². The van der Waals surface area contributed by atoms with E-state index in [1.165, 1.54) is 12.3 Å². The third-order valence-electron chi connectivity index (χ3n) is 4.76. The molecule has 3 nitrogen and oxygen atoms in total. The van der Waals surface area contributed by atoms with Gasteiger partial charge in [-0.3, -0.25) is 4.98 Å². The number of hydrogen-bond donors (Lipinski definition) is 1. The average molecular weight is 402 g/mol. The number of fused-ring (bicyclic) bond motifs is 1. The van der Waals surface area contributed by atoms with Gasteiger partial charge in [-0.15, -0.1) is 0 Å². The van der Waals surface area contributed by atoms with Crippen molar-refractivity contribution >= 4 is 16.6 Å². The molecule has 1 heterocycles. The molecule has 3 aromatic carbocycles. The smallest absolute Gasteiger partial charge is 0.381 e. The molecule has 0 amide bonds. The zero-order valence-corrected chi connectivity index (χ0v) is 15.7. The summed E-state index contributed by atoms with van der Waals surface area (Å²) in [6, 6.07) is 23.7. The number of aromatic nitrogens is 1. The molecule has 0 spiro atoms. The summed E-state index contributed by atoms with van der Waals surface area (Å²) in [5.41, 5.74) is 2.18. The quantitative estimate of drug-likeness (QED) is 0.442. The highest BCUT2D eigenvalue weighted by Crippen LogP contribution is 2.38. The van der Waals surface area contributed by atoms with Crippen LogP contribution in [0.15, 0.2) is 72.9 Å². The monoisotopic (exact) mass is 402 g/mol. The Kier molecular flexibility index (Phi) is 5.11. The topological polar surface area (TPSA) is 48.7 Å². The van der Waals surface area contributed by atoms with Crippen LogP contribution in [0.3, 0.4) is 0 Å². The highest BCUT2D eigenvalue weighted by molar-refractivity contribution is 5.99. The lowest BCUT2D eigenvalue weighted by Crippen LogP contribution is -2.07. The summed E-state index contributed by atoms with van der Waals surface area (Å²) >= 11 is 0. The van der Waals surface area contributed by atoms with E-state index < -0.39 is 11.7 Å². The van der Waals surface area contributed by atoms with Gasteiger partial charge in [0.1, 0.15) is 6.07 Å². The van der Waals surface area contributed by atoms with Crippen LogP contribution in [0.2, 0.25) is 0 Å². The van der Waals surface area contributed by atoms with Gasteiger partial charge in [-0.05, 0) is 35.4 Å². The first-order valence-electron chi connectivity index (χ1n) is 9.15. The van der Waals surface area contributed by atoms with Crippen LogP contribution >= 0.6 is 0 Å². The molecule has 0 unspecified atom stereocenters. The van der Waals surface area contributed by atoms with E-state index in [1.54, 1.807) is 18.2 Å². The minimum atomic E-state index is -4.53. The summed E-state index contributed by atoms with van der Waals surface area (Å²) in [5.74, 6) is 0. The van der Waals surface area contributed by atoms with Crippen molar-refractivity contribution in [2.24, 2.45) is 0 Å². The van der Waals surface area contributed by atoms with Crippen LogP contribution in [0.1, 0.15) is 16.7 Å². The normalized spacial score (nSPS) is 11.3. The van der Waals surface area contributed by atoms with E-state index in [-0.39, 0.29) is 11.1 Å². The lowest BCUT2D eigenvalue weighted by atomic mass is 9.95. The van der Waals surface area contributed by atoms with E-state index in [9.17, 15) is 18.4 Å². The van der Waals surface area contributed by atoms with Crippen LogP contribution in [-0.4, -0.2) is 4.98 Å². The van der Waals surface area contributed by atoms with Gasteiger partial charge in [0, 0.05) is 29.4 Å². The second-order valence-corrected chi connectivity index (χ2v) is 6.70. The summed E-state index contributed by atoms with van der Waals surface area (Å²) in [6.07, 6.45) is -3.33. The Hall–Kier alpha value is -3.85. The van der Waals surface area contributed by atoms with Gasteiger partial charge in [-0.2, -0.15) is 18.4 Å². The van der Waals surface area contributed by atoms with Crippen LogP contribution in [0.25, 0.3) is 22.0 Å². The number of nitriles is 1. The van der Waals surface area contributed by atoms with Crippen molar-refractivity contribution < 1.29 is 13.2 Å². The number of benzene rings is 3. The average Bonchev–Trinajstić information content (AvgIpc) is 2.76. The van der Waals surface area contributed by atoms with E-state index in [0.717, 1.165) is 17.3 Å². The molecule has 1 N–H and O–H groups in total. The standard InChI is InChI=1S/C24H15F3N3/c25-24(26,27)21-11-5-10-20-22(18(13-28)15-30-23(20)21)17-8-4-9-19(12-17)29-14-16-6-2-1-3-7-16/h2-12,15,29H,14H2. The van der Waals surface area contributed by atoms with E-state index >= 15 is 0 Å². The van der Waals surface area contributed by atoms with Crippen molar-refractivity contribution in [1.29, 1.82) is 5.26 Å². The predicted octanol–water partition coefficient (Wildman–Crippen LogP) is 6.20. The van der Waals surface area contributed by atoms with Gasteiger partial charge in [-0.25, -0.2) is 0 Å². The van der Waals surface area contributed by atoms with Crippen LogP contribution < -0.4 is 5.32 Å². The Morgan fingerprint density at radius 3 is 2.53 bits per heavy atom. The fourth-order valence-corrected chi connectivity index (χ4v) is 3.38. The maximum Gasteiger partial charge on any atom is 0.418 e. The summed E-state index contributed by atoms with van der Waals surface area (Å²) in [5, 5.41) is 13.2. The predicted molar refractivity (Wildman–Crippen MR) is 110 cm³/mol. The van der Waals surface area contributed by atoms with Crippen LogP contribution in [0.5, 0.6) is 0 Å². The molecule has 30 heavy (non-hydrogen) atoms. The number of nitrogens with one attached hydrogen (secondary N) is 1. The molecule has 0 bridgehead atoms. The van der Waals surface area contributed by atoms with Crippen molar-refractivity contribution in [2.75, 3.05) is 5.32 Å². The molecule has 1 radical (unpaired) electrons. The first-order chi connectivity index (χ1) is 14.5. The second-order valence-electron chi connectivity index (χ2n) is 6.70. The zero-order chi connectivity index (χ0) is 21.1. The van der Waals surface area contributed by atoms with Crippen molar-refractivity contribution in [1.82, 2.24) is 4.98 Å². The van der Waals surface area contributed by atoms with Crippen LogP contribution in [-0.2, 0) is 12.7 Å². The molecule has 0 aliphatic rings. The van der Waals surface area contributed by atoms with E-state index in [2.05, 4.69) is 22.4 Å². The van der Waals surface area contributed by atoms with Gasteiger partial charge in [0.05, 0.1) is 16.6 Å². The number of nitrogens with zero attached hydrogens (tertiary/aromatic N) is 2.